The summed E-state index contributed by atoms with van der Waals surface area (Å²) in [5.74, 6) is -1.39. The highest BCUT2D eigenvalue weighted by atomic mass is 16.5. The van der Waals surface area contributed by atoms with Crippen molar-refractivity contribution in [3.8, 4) is 5.75 Å². The van der Waals surface area contributed by atoms with Crippen molar-refractivity contribution in [2.75, 3.05) is 0 Å². The second-order valence-electron chi connectivity index (χ2n) is 3.86. The minimum absolute atomic E-state index is 0.348. The van der Waals surface area contributed by atoms with Crippen LogP contribution >= 0.6 is 0 Å². The number of carbonyl (C=O) groups is 2. The van der Waals surface area contributed by atoms with E-state index in [2.05, 4.69) is 0 Å². The van der Waals surface area contributed by atoms with E-state index >= 15 is 0 Å². The average Bonchev–Trinajstić information content (AvgIpc) is 2.67. The van der Waals surface area contributed by atoms with Crippen molar-refractivity contribution < 1.29 is 19.4 Å². The van der Waals surface area contributed by atoms with Crippen LogP contribution in [0.25, 0.3) is 10.8 Å². The summed E-state index contributed by atoms with van der Waals surface area (Å²) in [5, 5.41) is 10.5. The van der Waals surface area contributed by atoms with Crippen LogP contribution in [0.3, 0.4) is 0 Å². The number of carboxylic acids is 1. The molecular formula is C13H8O4. The molecule has 0 fully saturated rings. The Morgan fingerprint density at radius 2 is 1.94 bits per heavy atom. The monoisotopic (exact) mass is 228 g/mol. The van der Waals surface area contributed by atoms with Crippen LogP contribution in [0.5, 0.6) is 5.75 Å². The molecule has 1 heterocycles. The fourth-order valence-corrected chi connectivity index (χ4v) is 2.08. The quantitative estimate of drug-likeness (QED) is 0.757. The molecule has 2 aromatic rings. The summed E-state index contributed by atoms with van der Waals surface area (Å²) in [6.45, 7) is 0. The lowest BCUT2D eigenvalue weighted by Crippen LogP contribution is -2.30. The normalized spacial score (nSPS) is 17.9. The lowest BCUT2D eigenvalue weighted by molar-refractivity contribution is -0.142. The Bertz CT molecular complexity index is 645. The summed E-state index contributed by atoms with van der Waals surface area (Å²) >= 11 is 0. The van der Waals surface area contributed by atoms with Crippen molar-refractivity contribution in [3.05, 3.63) is 42.0 Å². The zero-order valence-electron chi connectivity index (χ0n) is 8.71. The number of ketones is 1. The van der Waals surface area contributed by atoms with Gasteiger partial charge >= 0.3 is 5.97 Å². The first kappa shape index (κ1) is 9.84. The van der Waals surface area contributed by atoms with Crippen molar-refractivity contribution >= 4 is 22.5 Å². The first-order valence-electron chi connectivity index (χ1n) is 5.14. The van der Waals surface area contributed by atoms with Crippen molar-refractivity contribution in [2.45, 2.75) is 6.10 Å². The summed E-state index contributed by atoms with van der Waals surface area (Å²) in [4.78, 5) is 22.8. The number of fused-ring (bicyclic) bond motifs is 3. The van der Waals surface area contributed by atoms with Crippen LogP contribution < -0.4 is 4.74 Å². The van der Waals surface area contributed by atoms with Gasteiger partial charge in [0.1, 0.15) is 5.75 Å². The van der Waals surface area contributed by atoms with Gasteiger partial charge in [0.05, 0.1) is 5.56 Å². The summed E-state index contributed by atoms with van der Waals surface area (Å²) in [6.07, 6.45) is -1.41. The minimum atomic E-state index is -1.41. The molecule has 3 rings (SSSR count). The number of aliphatic carboxylic acids is 1. The topological polar surface area (TPSA) is 63.6 Å². The number of ether oxygens (including phenoxy) is 1. The van der Waals surface area contributed by atoms with Crippen LogP contribution in [0.2, 0.25) is 0 Å². The highest BCUT2D eigenvalue weighted by molar-refractivity contribution is 6.20. The molecule has 0 radical (unpaired) electrons. The fourth-order valence-electron chi connectivity index (χ4n) is 2.08. The molecule has 17 heavy (non-hydrogen) atoms. The van der Waals surface area contributed by atoms with E-state index in [9.17, 15) is 9.59 Å². The summed E-state index contributed by atoms with van der Waals surface area (Å²) < 4.78 is 5.14. The fraction of sp³-hybridized carbons (Fsp3) is 0.0769. The van der Waals surface area contributed by atoms with Gasteiger partial charge in [0.25, 0.3) is 6.10 Å². The van der Waals surface area contributed by atoms with Gasteiger partial charge in [0.2, 0.25) is 5.78 Å². The largest absolute Gasteiger partial charge is 0.478 e. The Labute approximate surface area is 96.4 Å². The van der Waals surface area contributed by atoms with Gasteiger partial charge in [-0.2, -0.15) is 0 Å². The molecule has 4 nitrogen and oxygen atoms in total. The van der Waals surface area contributed by atoms with Crippen molar-refractivity contribution in [2.24, 2.45) is 0 Å². The Hall–Kier alpha value is -2.36. The summed E-state index contributed by atoms with van der Waals surface area (Å²) in [7, 11) is 0. The number of hydrogen-bond acceptors (Lipinski definition) is 3. The van der Waals surface area contributed by atoms with Crippen LogP contribution in [0.4, 0.5) is 0 Å². The third-order valence-electron chi connectivity index (χ3n) is 2.84. The molecule has 0 aromatic heterocycles. The van der Waals surface area contributed by atoms with Gasteiger partial charge in [-0.1, -0.05) is 30.3 Å². The van der Waals surface area contributed by atoms with Gasteiger partial charge in [-0.05, 0) is 16.8 Å². The smallest absolute Gasteiger partial charge is 0.353 e. The Morgan fingerprint density at radius 1 is 1.18 bits per heavy atom. The van der Waals surface area contributed by atoms with Gasteiger partial charge in [0.15, 0.2) is 0 Å². The standard InChI is InChI=1S/C13H8O4/c14-11-10-8-4-2-1-3-7(8)5-6-9(10)17-12(11)13(15)16/h1-6,12H,(H,15,16). The number of carbonyl (C=O) groups excluding carboxylic acids is 1. The van der Waals surface area contributed by atoms with E-state index in [1.54, 1.807) is 12.1 Å². The van der Waals surface area contributed by atoms with Crippen LogP contribution in [0, 0.1) is 0 Å². The van der Waals surface area contributed by atoms with Crippen LogP contribution in [-0.4, -0.2) is 23.0 Å². The van der Waals surface area contributed by atoms with E-state index in [-0.39, 0.29) is 0 Å². The number of rotatable bonds is 1. The first-order valence-corrected chi connectivity index (χ1v) is 5.14. The van der Waals surface area contributed by atoms with E-state index in [1.165, 1.54) is 0 Å². The molecule has 0 bridgehead atoms. The Morgan fingerprint density at radius 3 is 2.71 bits per heavy atom. The third-order valence-corrected chi connectivity index (χ3v) is 2.84. The van der Waals surface area contributed by atoms with E-state index in [1.807, 2.05) is 24.3 Å². The van der Waals surface area contributed by atoms with Gasteiger partial charge in [-0.3, -0.25) is 4.79 Å². The highest BCUT2D eigenvalue weighted by Gasteiger charge is 2.38. The predicted octanol–water partition coefficient (Wildman–Crippen LogP) is 1.87. The molecule has 0 aliphatic carbocycles. The summed E-state index contributed by atoms with van der Waals surface area (Å²) in [5.41, 5.74) is 0.371. The SMILES string of the molecule is O=C(O)C1Oc2ccc3ccccc3c2C1=O. The van der Waals surface area contributed by atoms with Crippen LogP contribution in [-0.2, 0) is 4.79 Å². The first-order chi connectivity index (χ1) is 8.18. The number of benzene rings is 2. The molecule has 0 saturated carbocycles. The molecule has 1 N–H and O–H groups in total. The van der Waals surface area contributed by atoms with E-state index in [4.69, 9.17) is 9.84 Å². The number of hydrogen-bond donors (Lipinski definition) is 1. The number of carboxylic acid groups (broad SMARTS) is 1. The lowest BCUT2D eigenvalue weighted by Gasteiger charge is -2.02. The molecule has 4 heteroatoms. The molecule has 0 spiro atoms. The molecule has 0 amide bonds. The maximum atomic E-state index is 11.9. The van der Waals surface area contributed by atoms with Crippen molar-refractivity contribution in [3.63, 3.8) is 0 Å². The zero-order valence-corrected chi connectivity index (χ0v) is 8.71. The summed E-state index contributed by atoms with van der Waals surface area (Å²) in [6, 6.07) is 10.8. The number of Topliss-reactive ketones (excluding diaryl/α,β-unsaturated/α-hetero) is 1. The molecule has 1 aliphatic heterocycles. The lowest BCUT2D eigenvalue weighted by atomic mass is 10.00. The van der Waals surface area contributed by atoms with Gasteiger partial charge in [0, 0.05) is 0 Å². The predicted molar refractivity (Wildman–Crippen MR) is 60.3 cm³/mol. The molecule has 0 saturated heterocycles. The molecule has 1 aliphatic rings. The molecular weight excluding hydrogens is 220 g/mol. The maximum absolute atomic E-state index is 11.9. The molecule has 2 aromatic carbocycles. The molecule has 1 atom stereocenters. The molecule has 84 valence electrons. The van der Waals surface area contributed by atoms with Gasteiger partial charge in [-0.25, -0.2) is 4.79 Å². The second-order valence-corrected chi connectivity index (χ2v) is 3.86. The maximum Gasteiger partial charge on any atom is 0.353 e. The zero-order chi connectivity index (χ0) is 12.0. The Kier molecular flexibility index (Phi) is 1.92. The Balaban J connectivity index is 2.27. The minimum Gasteiger partial charge on any atom is -0.478 e. The van der Waals surface area contributed by atoms with E-state index in [0.29, 0.717) is 11.3 Å². The van der Waals surface area contributed by atoms with E-state index < -0.39 is 17.9 Å². The van der Waals surface area contributed by atoms with Crippen LogP contribution in [0.15, 0.2) is 36.4 Å². The average molecular weight is 228 g/mol. The highest BCUT2D eigenvalue weighted by Crippen LogP contribution is 2.34. The van der Waals surface area contributed by atoms with Gasteiger partial charge in [-0.15, -0.1) is 0 Å². The van der Waals surface area contributed by atoms with Crippen molar-refractivity contribution in [1.29, 1.82) is 0 Å². The van der Waals surface area contributed by atoms with Crippen LogP contribution in [0.1, 0.15) is 10.4 Å². The third kappa shape index (κ3) is 1.30. The second kappa shape index (κ2) is 3.31. The van der Waals surface area contributed by atoms with E-state index in [0.717, 1.165) is 10.8 Å². The van der Waals surface area contributed by atoms with Gasteiger partial charge < -0.3 is 9.84 Å². The van der Waals surface area contributed by atoms with Crippen molar-refractivity contribution in [1.82, 2.24) is 0 Å². The molecule has 1 unspecified atom stereocenters.